The number of aryl methyl sites for hydroxylation is 3. The summed E-state index contributed by atoms with van der Waals surface area (Å²) in [6.45, 7) is 5.87. The minimum absolute atomic E-state index is 0. The van der Waals surface area contributed by atoms with Gasteiger partial charge in [0.05, 0.1) is 11.0 Å². The van der Waals surface area contributed by atoms with Crippen molar-refractivity contribution < 1.29 is 0 Å². The highest BCUT2D eigenvalue weighted by atomic mass is 35.5. The van der Waals surface area contributed by atoms with Gasteiger partial charge in [-0.2, -0.15) is 4.98 Å². The first-order chi connectivity index (χ1) is 15.9. The van der Waals surface area contributed by atoms with Crippen LogP contribution in [0.25, 0.3) is 22.4 Å². The summed E-state index contributed by atoms with van der Waals surface area (Å²) in [6.07, 6.45) is 0. The van der Waals surface area contributed by atoms with Gasteiger partial charge in [-0.05, 0) is 75.4 Å². The SMILES string of the molecule is Cc1cc(Nc2ccc(-c3nc4ccc(Nc5cc(C)nc(N)n5)cc4[nH]3)cc2)cc(C)n1.Cl.Cl.Cl. The normalized spacial score (nSPS) is 10.1. The van der Waals surface area contributed by atoms with Gasteiger partial charge in [0.2, 0.25) is 5.95 Å². The number of aromatic amines is 1. The summed E-state index contributed by atoms with van der Waals surface area (Å²) in [5, 5.41) is 6.70. The number of nitrogens with two attached hydrogens (primary N) is 1. The molecule has 5 N–H and O–H groups in total. The molecule has 0 unspecified atom stereocenters. The van der Waals surface area contributed by atoms with Gasteiger partial charge in [-0.25, -0.2) is 9.97 Å². The van der Waals surface area contributed by atoms with E-state index in [1.54, 1.807) is 0 Å². The molecule has 0 amide bonds. The van der Waals surface area contributed by atoms with E-state index in [0.717, 1.165) is 56.6 Å². The molecule has 188 valence electrons. The Labute approximate surface area is 227 Å². The zero-order chi connectivity index (χ0) is 22.9. The maximum absolute atomic E-state index is 5.75. The lowest BCUT2D eigenvalue weighted by molar-refractivity contribution is 1.12. The van der Waals surface area contributed by atoms with Crippen molar-refractivity contribution >= 4 is 77.1 Å². The van der Waals surface area contributed by atoms with Crippen LogP contribution in [0.5, 0.6) is 0 Å². The van der Waals surface area contributed by atoms with Crippen molar-refractivity contribution in [2.75, 3.05) is 16.4 Å². The van der Waals surface area contributed by atoms with Gasteiger partial charge in [0.15, 0.2) is 0 Å². The fourth-order valence-corrected chi connectivity index (χ4v) is 3.81. The summed E-state index contributed by atoms with van der Waals surface area (Å²) < 4.78 is 0. The van der Waals surface area contributed by atoms with Crippen LogP contribution in [0.1, 0.15) is 17.1 Å². The van der Waals surface area contributed by atoms with E-state index < -0.39 is 0 Å². The Morgan fingerprint density at radius 3 is 1.94 bits per heavy atom. The molecule has 5 aromatic rings. The van der Waals surface area contributed by atoms with Gasteiger partial charge in [-0.15, -0.1) is 37.2 Å². The van der Waals surface area contributed by atoms with E-state index in [1.807, 2.05) is 81.4 Å². The molecule has 3 aromatic heterocycles. The smallest absolute Gasteiger partial charge is 0.222 e. The van der Waals surface area contributed by atoms with Gasteiger partial charge in [0, 0.05) is 45.8 Å². The Bertz CT molecular complexity index is 1430. The van der Waals surface area contributed by atoms with Gasteiger partial charge in [0.1, 0.15) is 11.6 Å². The van der Waals surface area contributed by atoms with Crippen LogP contribution in [0.4, 0.5) is 28.8 Å². The molecule has 8 nitrogen and oxygen atoms in total. The quantitative estimate of drug-likeness (QED) is 0.195. The average Bonchev–Trinajstić information content (AvgIpc) is 3.16. The molecular weight excluding hydrogens is 519 g/mol. The van der Waals surface area contributed by atoms with E-state index in [-0.39, 0.29) is 43.2 Å². The maximum Gasteiger partial charge on any atom is 0.222 e. The highest BCUT2D eigenvalue weighted by Gasteiger charge is 2.08. The number of hydrogen-bond acceptors (Lipinski definition) is 7. The third kappa shape index (κ3) is 6.54. The van der Waals surface area contributed by atoms with Crippen molar-refractivity contribution in [3.8, 4) is 11.4 Å². The Morgan fingerprint density at radius 2 is 1.28 bits per heavy atom. The van der Waals surface area contributed by atoms with Gasteiger partial charge in [-0.1, -0.05) is 0 Å². The molecule has 0 radical (unpaired) electrons. The summed E-state index contributed by atoms with van der Waals surface area (Å²) >= 11 is 0. The van der Waals surface area contributed by atoms with Crippen molar-refractivity contribution in [2.45, 2.75) is 20.8 Å². The lowest BCUT2D eigenvalue weighted by atomic mass is 10.2. The molecule has 5 rings (SSSR count). The van der Waals surface area contributed by atoms with Crippen molar-refractivity contribution in [1.82, 2.24) is 24.9 Å². The van der Waals surface area contributed by atoms with E-state index >= 15 is 0 Å². The molecule has 3 heterocycles. The van der Waals surface area contributed by atoms with Crippen LogP contribution >= 0.6 is 37.2 Å². The molecule has 0 aliphatic rings. The number of anilines is 5. The first-order valence-corrected chi connectivity index (χ1v) is 10.6. The van der Waals surface area contributed by atoms with Gasteiger partial charge >= 0.3 is 0 Å². The lowest BCUT2D eigenvalue weighted by Crippen LogP contribution is -2.01. The van der Waals surface area contributed by atoms with Crippen molar-refractivity contribution in [3.05, 3.63) is 77.7 Å². The Kier molecular flexibility index (Phi) is 9.47. The van der Waals surface area contributed by atoms with Crippen LogP contribution < -0.4 is 16.4 Å². The number of H-pyrrole nitrogens is 1. The number of benzene rings is 2. The lowest BCUT2D eigenvalue weighted by Gasteiger charge is -2.08. The van der Waals surface area contributed by atoms with Crippen molar-refractivity contribution in [1.29, 1.82) is 0 Å². The molecule has 0 aliphatic carbocycles. The van der Waals surface area contributed by atoms with Gasteiger partial charge in [-0.3, -0.25) is 4.98 Å². The number of imidazole rings is 1. The third-order valence-corrected chi connectivity index (χ3v) is 5.15. The third-order valence-electron chi connectivity index (χ3n) is 5.15. The number of pyridine rings is 1. The van der Waals surface area contributed by atoms with Gasteiger partial charge in [0.25, 0.3) is 0 Å². The Hall–Kier alpha value is -3.59. The van der Waals surface area contributed by atoms with Crippen LogP contribution in [0, 0.1) is 20.8 Å². The largest absolute Gasteiger partial charge is 0.368 e. The number of nitrogens with zero attached hydrogens (tertiary/aromatic N) is 4. The number of halogens is 3. The molecule has 0 saturated heterocycles. The summed E-state index contributed by atoms with van der Waals surface area (Å²) in [4.78, 5) is 20.9. The van der Waals surface area contributed by atoms with E-state index in [1.165, 1.54) is 0 Å². The number of rotatable bonds is 5. The van der Waals surface area contributed by atoms with E-state index in [9.17, 15) is 0 Å². The topological polar surface area (TPSA) is 117 Å². The Balaban J connectivity index is 0.00000152. The number of nitrogen functional groups attached to an aromatic ring is 1. The van der Waals surface area contributed by atoms with E-state index in [0.29, 0.717) is 5.82 Å². The molecule has 0 saturated carbocycles. The summed E-state index contributed by atoms with van der Waals surface area (Å²) in [7, 11) is 0. The maximum atomic E-state index is 5.75. The van der Waals surface area contributed by atoms with Gasteiger partial charge < -0.3 is 21.4 Å². The average molecular weight is 546 g/mol. The first-order valence-electron chi connectivity index (χ1n) is 10.6. The predicted octanol–water partition coefficient (Wildman–Crippen LogP) is 6.67. The standard InChI is InChI=1S/C25H24N8.3ClH/c1-14-10-20(11-15(2)27-14)29-18-6-4-17(5-7-18)24-31-21-9-8-19(13-22(21)32-24)30-23-12-16(3)28-25(26)33-23;;;/h4-13H,1-3H3,(H,27,29)(H,31,32)(H3,26,28,30,33);3*1H. The highest BCUT2D eigenvalue weighted by Crippen LogP contribution is 2.26. The molecule has 0 atom stereocenters. The molecule has 2 aromatic carbocycles. The molecule has 0 bridgehead atoms. The molecular formula is C25H27Cl3N8. The molecule has 0 fully saturated rings. The minimum Gasteiger partial charge on any atom is -0.368 e. The Morgan fingerprint density at radius 1 is 0.639 bits per heavy atom. The van der Waals surface area contributed by atoms with Crippen LogP contribution in [-0.4, -0.2) is 24.9 Å². The molecule has 0 aliphatic heterocycles. The van der Waals surface area contributed by atoms with Crippen LogP contribution in [0.2, 0.25) is 0 Å². The molecule has 36 heavy (non-hydrogen) atoms. The van der Waals surface area contributed by atoms with E-state index in [2.05, 4.69) is 30.6 Å². The number of hydrogen-bond donors (Lipinski definition) is 4. The molecule has 11 heteroatoms. The first kappa shape index (κ1) is 28.6. The van der Waals surface area contributed by atoms with Crippen LogP contribution in [0.3, 0.4) is 0 Å². The molecule has 0 spiro atoms. The van der Waals surface area contributed by atoms with Crippen LogP contribution in [0.15, 0.2) is 60.7 Å². The summed E-state index contributed by atoms with van der Waals surface area (Å²) in [5.41, 5.74) is 14.3. The van der Waals surface area contributed by atoms with E-state index in [4.69, 9.17) is 10.7 Å². The number of nitrogens with one attached hydrogen (secondary N) is 3. The fraction of sp³-hybridized carbons (Fsp3) is 0.120. The summed E-state index contributed by atoms with van der Waals surface area (Å²) in [6, 6.07) is 20.0. The minimum atomic E-state index is 0. The fourth-order valence-electron chi connectivity index (χ4n) is 3.81. The highest BCUT2D eigenvalue weighted by molar-refractivity contribution is 5.86. The monoisotopic (exact) mass is 544 g/mol. The zero-order valence-corrected chi connectivity index (χ0v) is 22.3. The second kappa shape index (κ2) is 11.9. The predicted molar refractivity (Wildman–Crippen MR) is 155 cm³/mol. The van der Waals surface area contributed by atoms with Crippen LogP contribution in [-0.2, 0) is 0 Å². The summed E-state index contributed by atoms with van der Waals surface area (Å²) in [5.74, 6) is 1.71. The second-order valence-electron chi connectivity index (χ2n) is 8.04. The van der Waals surface area contributed by atoms with Crippen molar-refractivity contribution in [2.24, 2.45) is 0 Å². The zero-order valence-electron chi connectivity index (χ0n) is 19.9. The van der Waals surface area contributed by atoms with Crippen molar-refractivity contribution in [3.63, 3.8) is 0 Å². The second-order valence-corrected chi connectivity index (χ2v) is 8.04. The number of fused-ring (bicyclic) bond motifs is 1. The number of aromatic nitrogens is 5.